The Labute approximate surface area is 112 Å². The summed E-state index contributed by atoms with van der Waals surface area (Å²) in [7, 11) is 0. The Morgan fingerprint density at radius 1 is 1.56 bits per heavy atom. The zero-order valence-corrected chi connectivity index (χ0v) is 12.0. The molecule has 0 fully saturated rings. The van der Waals surface area contributed by atoms with Crippen molar-refractivity contribution in [2.24, 2.45) is 0 Å². The number of rotatable bonds is 6. The summed E-state index contributed by atoms with van der Waals surface area (Å²) in [6.45, 7) is 14.0. The molecule has 0 aliphatic rings. The highest BCUT2D eigenvalue weighted by Crippen LogP contribution is 2.30. The minimum atomic E-state index is -0.942. The van der Waals surface area contributed by atoms with Gasteiger partial charge in [0.25, 0.3) is 0 Å². The van der Waals surface area contributed by atoms with Gasteiger partial charge >= 0.3 is 5.97 Å². The van der Waals surface area contributed by atoms with E-state index in [1.807, 2.05) is 20.8 Å². The Kier molecular flexibility index (Phi) is 7.79. The molecule has 1 aromatic heterocycles. The molecule has 1 aromatic rings. The van der Waals surface area contributed by atoms with Crippen LogP contribution < -0.4 is 0 Å². The number of aromatic carboxylic acids is 1. The Bertz CT molecular complexity index is 419. The van der Waals surface area contributed by atoms with Gasteiger partial charge < -0.3 is 9.84 Å². The lowest BCUT2D eigenvalue weighted by Gasteiger charge is -2.06. The van der Waals surface area contributed by atoms with Gasteiger partial charge in [-0.25, -0.2) is 4.79 Å². The van der Waals surface area contributed by atoms with Gasteiger partial charge in [-0.05, 0) is 18.1 Å². The van der Waals surface area contributed by atoms with Crippen LogP contribution in [0.5, 0.6) is 0 Å². The van der Waals surface area contributed by atoms with E-state index in [1.165, 1.54) is 0 Å². The molecule has 3 nitrogen and oxygen atoms in total. The lowest BCUT2D eigenvalue weighted by molar-refractivity contribution is 0.0702. The van der Waals surface area contributed by atoms with Crippen LogP contribution in [0.3, 0.4) is 0 Å². The summed E-state index contributed by atoms with van der Waals surface area (Å²) in [4.78, 5) is 11.8. The molecule has 0 bridgehead atoms. The Balaban J connectivity index is 0.00000137. The van der Waals surface area contributed by atoms with Gasteiger partial charge in [-0.3, -0.25) is 0 Å². The highest BCUT2D eigenvalue weighted by atomic mass is 32.1. The van der Waals surface area contributed by atoms with Gasteiger partial charge in [0.05, 0.1) is 11.5 Å². The molecular formula is C14H20O3S. The molecule has 0 spiro atoms. The molecule has 0 aliphatic carbocycles. The molecule has 0 aromatic carbocycles. The molecule has 1 rings (SSSR count). The third kappa shape index (κ3) is 4.37. The summed E-state index contributed by atoms with van der Waals surface area (Å²) in [6.07, 6.45) is 2.50. The molecule has 18 heavy (non-hydrogen) atoms. The smallest absolute Gasteiger partial charge is 0.345 e. The Hall–Kier alpha value is -1.55. The second kappa shape index (κ2) is 8.53. The van der Waals surface area contributed by atoms with Crippen molar-refractivity contribution in [1.29, 1.82) is 0 Å². The van der Waals surface area contributed by atoms with Crippen LogP contribution in [0.25, 0.3) is 11.8 Å². The number of carboxylic acids is 1. The molecule has 1 N–H and O–H groups in total. The van der Waals surface area contributed by atoms with Crippen LogP contribution in [0.4, 0.5) is 0 Å². The minimum Gasteiger partial charge on any atom is -0.493 e. The van der Waals surface area contributed by atoms with E-state index in [-0.39, 0.29) is 4.88 Å². The summed E-state index contributed by atoms with van der Waals surface area (Å²) in [5.74, 6) is -0.433. The highest BCUT2D eigenvalue weighted by molar-refractivity contribution is 7.15. The van der Waals surface area contributed by atoms with Crippen molar-refractivity contribution in [2.75, 3.05) is 6.61 Å². The lowest BCUT2D eigenvalue weighted by atomic mass is 10.2. The van der Waals surface area contributed by atoms with Crippen molar-refractivity contribution in [1.82, 2.24) is 0 Å². The van der Waals surface area contributed by atoms with E-state index in [4.69, 9.17) is 9.84 Å². The maximum absolute atomic E-state index is 10.8. The van der Waals surface area contributed by atoms with Crippen LogP contribution in [0.1, 0.15) is 47.3 Å². The maximum Gasteiger partial charge on any atom is 0.345 e. The quantitative estimate of drug-likeness (QED) is 0.772. The van der Waals surface area contributed by atoms with Crippen molar-refractivity contribution in [3.63, 3.8) is 0 Å². The minimum absolute atomic E-state index is 0.270. The van der Waals surface area contributed by atoms with Gasteiger partial charge in [-0.2, -0.15) is 0 Å². The summed E-state index contributed by atoms with van der Waals surface area (Å²) in [6, 6.07) is 1.58. The Morgan fingerprint density at radius 3 is 2.61 bits per heavy atom. The molecular weight excluding hydrogens is 248 g/mol. The lowest BCUT2D eigenvalue weighted by Crippen LogP contribution is -1.91. The van der Waals surface area contributed by atoms with Crippen LogP contribution >= 0.6 is 11.3 Å². The first-order chi connectivity index (χ1) is 8.60. The predicted octanol–water partition coefficient (Wildman–Crippen LogP) is 4.51. The fourth-order valence-corrected chi connectivity index (χ4v) is 2.10. The van der Waals surface area contributed by atoms with Crippen molar-refractivity contribution in [3.05, 3.63) is 34.5 Å². The van der Waals surface area contributed by atoms with Gasteiger partial charge in [-0.15, -0.1) is 11.3 Å². The molecule has 0 amide bonds. The van der Waals surface area contributed by atoms with Gasteiger partial charge in [0, 0.05) is 0 Å². The van der Waals surface area contributed by atoms with Gasteiger partial charge in [0.15, 0.2) is 0 Å². The van der Waals surface area contributed by atoms with E-state index < -0.39 is 5.97 Å². The van der Waals surface area contributed by atoms with Crippen LogP contribution in [-0.4, -0.2) is 17.7 Å². The van der Waals surface area contributed by atoms with E-state index in [1.54, 1.807) is 12.1 Å². The van der Waals surface area contributed by atoms with Crippen LogP contribution in [0.2, 0.25) is 0 Å². The van der Waals surface area contributed by atoms with Crippen molar-refractivity contribution in [3.8, 4) is 0 Å². The number of ether oxygens (including phenoxy) is 1. The summed E-state index contributed by atoms with van der Waals surface area (Å²) in [5.41, 5.74) is 0.753. The Morgan fingerprint density at radius 2 is 2.17 bits per heavy atom. The number of hydrogen-bond acceptors (Lipinski definition) is 3. The van der Waals surface area contributed by atoms with E-state index >= 15 is 0 Å². The maximum atomic E-state index is 10.8. The predicted molar refractivity (Wildman–Crippen MR) is 78.0 cm³/mol. The van der Waals surface area contributed by atoms with Crippen LogP contribution in [0, 0.1) is 0 Å². The van der Waals surface area contributed by atoms with E-state index in [0.29, 0.717) is 12.4 Å². The van der Waals surface area contributed by atoms with Gasteiger partial charge in [-0.1, -0.05) is 40.0 Å². The zero-order chi connectivity index (χ0) is 14.1. The second-order valence-corrected chi connectivity index (χ2v) is 4.23. The highest BCUT2D eigenvalue weighted by Gasteiger charge is 2.14. The largest absolute Gasteiger partial charge is 0.493 e. The first kappa shape index (κ1) is 16.4. The van der Waals surface area contributed by atoms with E-state index in [9.17, 15) is 4.79 Å². The summed E-state index contributed by atoms with van der Waals surface area (Å²) in [5, 5.41) is 8.88. The molecule has 0 saturated carbocycles. The monoisotopic (exact) mass is 268 g/mol. The normalized spacial score (nSPS) is 9.06. The SMILES string of the molecule is C=Cc1cc(C(=O)O)sc1C(=C)OCCC.CC. The standard InChI is InChI=1S/C12H14O3S.C2H6/c1-4-6-15-8(3)11-9(5-2)7-10(16-11)12(13)14;1-2/h5,7H,2-4,6H2,1H3,(H,13,14);1-2H3. The average molecular weight is 268 g/mol. The third-order valence-corrected chi connectivity index (χ3v) is 3.11. The molecule has 0 atom stereocenters. The fraction of sp³-hybridized carbons (Fsp3) is 0.357. The summed E-state index contributed by atoms with van der Waals surface area (Å²) >= 11 is 1.16. The molecule has 1 heterocycles. The zero-order valence-electron chi connectivity index (χ0n) is 11.2. The molecule has 0 aliphatic heterocycles. The molecule has 0 saturated heterocycles. The molecule has 4 heteroatoms. The first-order valence-electron chi connectivity index (χ1n) is 5.91. The number of carboxylic acid groups (broad SMARTS) is 1. The molecule has 100 valence electrons. The van der Waals surface area contributed by atoms with Crippen molar-refractivity contribution in [2.45, 2.75) is 27.2 Å². The van der Waals surface area contributed by atoms with Gasteiger partial charge in [0.2, 0.25) is 0 Å². The van der Waals surface area contributed by atoms with E-state index in [2.05, 4.69) is 13.2 Å². The number of thiophene rings is 1. The summed E-state index contributed by atoms with van der Waals surface area (Å²) < 4.78 is 5.39. The van der Waals surface area contributed by atoms with Crippen molar-refractivity contribution < 1.29 is 14.6 Å². The molecule has 0 radical (unpaired) electrons. The average Bonchev–Trinajstić information content (AvgIpc) is 2.82. The van der Waals surface area contributed by atoms with Gasteiger partial charge in [0.1, 0.15) is 10.6 Å². The number of carbonyl (C=O) groups is 1. The third-order valence-electron chi connectivity index (χ3n) is 1.93. The van der Waals surface area contributed by atoms with E-state index in [0.717, 1.165) is 28.2 Å². The second-order valence-electron chi connectivity index (χ2n) is 3.18. The fourth-order valence-electron chi connectivity index (χ4n) is 1.17. The topological polar surface area (TPSA) is 46.5 Å². The van der Waals surface area contributed by atoms with Crippen LogP contribution in [0.15, 0.2) is 19.2 Å². The molecule has 0 unspecified atom stereocenters. The van der Waals surface area contributed by atoms with Crippen molar-refractivity contribution >= 4 is 29.1 Å². The number of hydrogen-bond donors (Lipinski definition) is 1. The first-order valence-corrected chi connectivity index (χ1v) is 6.73. The van der Waals surface area contributed by atoms with Crippen LogP contribution in [-0.2, 0) is 4.74 Å².